The van der Waals surface area contributed by atoms with Crippen LogP contribution in [-0.4, -0.2) is 125 Å². The predicted molar refractivity (Wildman–Crippen MR) is 75.1 cm³/mol. The van der Waals surface area contributed by atoms with Crippen LogP contribution >= 0.6 is 0 Å². The first kappa shape index (κ1) is 22.5. The van der Waals surface area contributed by atoms with Gasteiger partial charge in [-0.1, -0.05) is 0 Å². The van der Waals surface area contributed by atoms with Gasteiger partial charge < -0.3 is 66.3 Å². The van der Waals surface area contributed by atoms with Crippen LogP contribution in [0.5, 0.6) is 0 Å². The van der Waals surface area contributed by atoms with E-state index in [0.29, 0.717) is 0 Å². The Morgan fingerprint density at radius 2 is 1.36 bits per heavy atom. The Bertz CT molecular complexity index is 411. The van der Waals surface area contributed by atoms with E-state index in [-0.39, 0.29) is 0 Å². The SMILES string of the molecule is NC1OC(O)(CO)C(O)C(O)C1O.OC[C@H]1OC(O)[C@H](O)[C@@H](O)[C@@H]1O. The molecule has 13 heteroatoms. The van der Waals surface area contributed by atoms with Gasteiger partial charge in [0.15, 0.2) is 6.29 Å². The Kier molecular flexibility index (Phi) is 8.03. The third-order valence-electron chi connectivity index (χ3n) is 3.91. The lowest BCUT2D eigenvalue weighted by atomic mass is 9.96. The quantitative estimate of drug-likeness (QED) is 0.215. The van der Waals surface area contributed by atoms with E-state index in [2.05, 4.69) is 9.47 Å². The zero-order chi connectivity index (χ0) is 19.5. The summed E-state index contributed by atoms with van der Waals surface area (Å²) < 4.78 is 9.12. The highest BCUT2D eigenvalue weighted by molar-refractivity contribution is 4.94. The first-order valence-electron chi connectivity index (χ1n) is 7.29. The molecular weight excluding hydrogens is 350 g/mol. The van der Waals surface area contributed by atoms with E-state index in [9.17, 15) is 10.2 Å². The van der Waals surface area contributed by atoms with Crippen LogP contribution in [0.4, 0.5) is 0 Å². The van der Waals surface area contributed by atoms with Gasteiger partial charge in [0.05, 0.1) is 13.2 Å². The highest BCUT2D eigenvalue weighted by Gasteiger charge is 2.51. The molecular formula is C12H25NO12. The number of hydrogen-bond acceptors (Lipinski definition) is 13. The molecule has 25 heavy (non-hydrogen) atoms. The van der Waals surface area contributed by atoms with Crippen molar-refractivity contribution < 1.29 is 60.5 Å². The normalized spacial score (nSPS) is 50.8. The summed E-state index contributed by atoms with van der Waals surface area (Å²) in [5.74, 6) is -2.32. The standard InChI is InChI=1S/C6H13NO6.C6H12O6/c7-5-3(10)2(9)4(11)6(12,1-8)13-5;7-1-2-3(8)4(9)5(10)6(11)12-2/h2-5,8-12H,1,7H2;2-11H,1H2/t;2-,3-,4+,5-,6?/m.1/s1. The van der Waals surface area contributed by atoms with E-state index < -0.39 is 74.2 Å². The molecule has 150 valence electrons. The van der Waals surface area contributed by atoms with Crippen molar-refractivity contribution in [2.45, 2.75) is 61.0 Å². The van der Waals surface area contributed by atoms with Crippen molar-refractivity contribution in [3.05, 3.63) is 0 Å². The molecule has 0 aliphatic carbocycles. The average Bonchev–Trinajstić information content (AvgIpc) is 2.60. The van der Waals surface area contributed by atoms with E-state index in [1.54, 1.807) is 0 Å². The minimum Gasteiger partial charge on any atom is -0.394 e. The second kappa shape index (κ2) is 8.92. The molecule has 13 nitrogen and oxygen atoms in total. The van der Waals surface area contributed by atoms with E-state index in [4.69, 9.17) is 46.6 Å². The second-order valence-electron chi connectivity index (χ2n) is 5.73. The molecule has 0 bridgehead atoms. The Labute approximate surface area is 141 Å². The number of rotatable bonds is 2. The van der Waals surface area contributed by atoms with Gasteiger partial charge in [-0.15, -0.1) is 0 Å². The topological polar surface area (TPSA) is 247 Å². The van der Waals surface area contributed by atoms with Crippen LogP contribution in [0.2, 0.25) is 0 Å². The summed E-state index contributed by atoms with van der Waals surface area (Å²) in [4.78, 5) is 0. The van der Waals surface area contributed by atoms with Gasteiger partial charge in [-0.25, -0.2) is 0 Å². The second-order valence-corrected chi connectivity index (χ2v) is 5.73. The highest BCUT2D eigenvalue weighted by atomic mass is 16.7. The van der Waals surface area contributed by atoms with E-state index in [0.717, 1.165) is 0 Å². The number of ether oxygens (including phenoxy) is 2. The van der Waals surface area contributed by atoms with Crippen LogP contribution in [0.1, 0.15) is 0 Å². The first-order chi connectivity index (χ1) is 11.5. The van der Waals surface area contributed by atoms with Crippen molar-refractivity contribution in [3.63, 3.8) is 0 Å². The Hall–Kier alpha value is -0.520. The smallest absolute Gasteiger partial charge is 0.220 e. The van der Waals surface area contributed by atoms with Gasteiger partial charge in [-0.05, 0) is 0 Å². The Morgan fingerprint density at radius 3 is 1.84 bits per heavy atom. The fraction of sp³-hybridized carbons (Fsp3) is 1.00. The van der Waals surface area contributed by atoms with Crippen LogP contribution < -0.4 is 5.73 Å². The van der Waals surface area contributed by atoms with Gasteiger partial charge in [-0.2, -0.15) is 0 Å². The van der Waals surface area contributed by atoms with Crippen molar-refractivity contribution in [1.29, 1.82) is 0 Å². The summed E-state index contributed by atoms with van der Waals surface area (Å²) in [6.45, 7) is -1.45. The van der Waals surface area contributed by atoms with Crippen molar-refractivity contribution in [1.82, 2.24) is 0 Å². The largest absolute Gasteiger partial charge is 0.394 e. The van der Waals surface area contributed by atoms with Gasteiger partial charge in [0, 0.05) is 0 Å². The molecule has 2 fully saturated rings. The van der Waals surface area contributed by atoms with Crippen LogP contribution in [0.25, 0.3) is 0 Å². The third-order valence-corrected chi connectivity index (χ3v) is 3.91. The molecule has 2 aliphatic rings. The van der Waals surface area contributed by atoms with Crippen molar-refractivity contribution in [2.24, 2.45) is 5.73 Å². The van der Waals surface area contributed by atoms with Crippen LogP contribution in [0.3, 0.4) is 0 Å². The molecule has 0 aromatic heterocycles. The molecule has 0 saturated carbocycles. The lowest BCUT2D eigenvalue weighted by Crippen LogP contribution is -2.67. The van der Waals surface area contributed by atoms with Gasteiger partial charge in [0.1, 0.15) is 49.0 Å². The fourth-order valence-electron chi connectivity index (χ4n) is 2.24. The lowest BCUT2D eigenvalue weighted by molar-refractivity contribution is -0.353. The van der Waals surface area contributed by atoms with Crippen molar-refractivity contribution >= 4 is 0 Å². The fourth-order valence-corrected chi connectivity index (χ4v) is 2.24. The van der Waals surface area contributed by atoms with Gasteiger partial charge in [-0.3, -0.25) is 0 Å². The maximum atomic E-state index is 9.33. The summed E-state index contributed by atoms with van der Waals surface area (Å²) in [6.07, 6.45) is -13.3. The molecule has 0 aromatic carbocycles. The average molecular weight is 375 g/mol. The van der Waals surface area contributed by atoms with E-state index >= 15 is 0 Å². The molecule has 2 heterocycles. The monoisotopic (exact) mass is 375 g/mol. The van der Waals surface area contributed by atoms with Crippen LogP contribution in [0, 0.1) is 0 Å². The molecule has 0 spiro atoms. The van der Waals surface area contributed by atoms with Crippen LogP contribution in [-0.2, 0) is 9.47 Å². The maximum Gasteiger partial charge on any atom is 0.220 e. The molecule has 10 atom stereocenters. The zero-order valence-electron chi connectivity index (χ0n) is 13.0. The van der Waals surface area contributed by atoms with Gasteiger partial charge >= 0.3 is 0 Å². The number of aliphatic hydroxyl groups excluding tert-OH is 9. The molecule has 2 aliphatic heterocycles. The maximum absolute atomic E-state index is 9.33. The first-order valence-corrected chi connectivity index (χ1v) is 7.29. The van der Waals surface area contributed by atoms with Crippen molar-refractivity contribution in [2.75, 3.05) is 13.2 Å². The summed E-state index contributed by atoms with van der Waals surface area (Å²) in [7, 11) is 0. The minimum atomic E-state index is -2.32. The third kappa shape index (κ3) is 4.81. The Balaban J connectivity index is 0.000000251. The summed E-state index contributed by atoms with van der Waals surface area (Å²) in [5.41, 5.74) is 5.17. The van der Waals surface area contributed by atoms with Crippen LogP contribution in [0.15, 0.2) is 0 Å². The lowest BCUT2D eigenvalue weighted by Gasteiger charge is -2.43. The number of aliphatic hydroxyl groups is 10. The molecule has 0 radical (unpaired) electrons. The summed E-state index contributed by atoms with van der Waals surface area (Å²) in [6, 6.07) is 0. The minimum absolute atomic E-state index is 0.526. The molecule has 2 rings (SSSR count). The predicted octanol–water partition coefficient (Wildman–Crippen LogP) is -7.16. The molecule has 0 amide bonds. The molecule has 0 aromatic rings. The molecule has 6 unspecified atom stereocenters. The number of hydrogen-bond donors (Lipinski definition) is 11. The van der Waals surface area contributed by atoms with Crippen molar-refractivity contribution in [3.8, 4) is 0 Å². The summed E-state index contributed by atoms with van der Waals surface area (Å²) in [5, 5.41) is 90.1. The van der Waals surface area contributed by atoms with Gasteiger partial charge in [0.25, 0.3) is 0 Å². The highest BCUT2D eigenvalue weighted by Crippen LogP contribution is 2.25. The Morgan fingerprint density at radius 1 is 0.800 bits per heavy atom. The molecule has 12 N–H and O–H groups in total. The summed E-state index contributed by atoms with van der Waals surface area (Å²) >= 11 is 0. The zero-order valence-corrected chi connectivity index (χ0v) is 13.0. The number of nitrogens with two attached hydrogens (primary N) is 1. The molecule has 2 saturated heterocycles. The van der Waals surface area contributed by atoms with E-state index in [1.165, 1.54) is 0 Å². The van der Waals surface area contributed by atoms with Gasteiger partial charge in [0.2, 0.25) is 5.79 Å². The van der Waals surface area contributed by atoms with E-state index in [1.807, 2.05) is 0 Å².